The number of aryl methyl sites for hydroxylation is 1. The van der Waals surface area contributed by atoms with E-state index >= 15 is 0 Å². The number of nitrogens with zero attached hydrogens (tertiary/aromatic N) is 3. The summed E-state index contributed by atoms with van der Waals surface area (Å²) in [4.78, 5) is 0.363. The molecule has 1 heterocycles. The first-order chi connectivity index (χ1) is 13.1. The molecule has 0 unspecified atom stereocenters. The molecule has 0 saturated heterocycles. The van der Waals surface area contributed by atoms with E-state index in [1.807, 2.05) is 6.92 Å². The van der Waals surface area contributed by atoms with E-state index in [0.29, 0.717) is 5.75 Å². The van der Waals surface area contributed by atoms with E-state index in [1.54, 1.807) is 36.4 Å². The summed E-state index contributed by atoms with van der Waals surface area (Å²) in [7, 11) is -2.37. The highest BCUT2D eigenvalue weighted by Crippen LogP contribution is 2.30. The number of alkyl halides is 3. The molecule has 0 bridgehead atoms. The average molecular weight is 427 g/mol. The maximum atomic E-state index is 12.8. The van der Waals surface area contributed by atoms with Crippen LogP contribution in [0.4, 0.5) is 13.2 Å². The van der Waals surface area contributed by atoms with Gasteiger partial charge in [-0.3, -0.25) is 0 Å². The number of hydrogen-bond donors (Lipinski definition) is 0. The summed E-state index contributed by atoms with van der Waals surface area (Å²) < 4.78 is 64.4. The van der Waals surface area contributed by atoms with E-state index in [9.17, 15) is 21.6 Å². The summed E-state index contributed by atoms with van der Waals surface area (Å²) in [5.74, 6) is -0.733. The van der Waals surface area contributed by atoms with Crippen LogP contribution in [0.2, 0.25) is 0 Å². The number of sulfone groups is 1. The van der Waals surface area contributed by atoms with Crippen LogP contribution in [-0.4, -0.2) is 23.2 Å². The molecule has 0 radical (unpaired) electrons. The van der Waals surface area contributed by atoms with Crippen LogP contribution in [0.5, 0.6) is 0 Å². The van der Waals surface area contributed by atoms with Gasteiger partial charge in [-0.15, -0.1) is 10.2 Å². The Bertz CT molecular complexity index is 1070. The molecule has 0 N–H and O–H groups in total. The molecule has 0 amide bonds. The van der Waals surface area contributed by atoms with Gasteiger partial charge in [-0.1, -0.05) is 41.6 Å². The Morgan fingerprint density at radius 1 is 0.964 bits per heavy atom. The second kappa shape index (κ2) is 7.59. The van der Waals surface area contributed by atoms with Crippen molar-refractivity contribution in [3.8, 4) is 0 Å². The number of aromatic nitrogens is 3. The third kappa shape index (κ3) is 4.22. The van der Waals surface area contributed by atoms with Gasteiger partial charge in [0.05, 0.1) is 9.79 Å². The number of benzene rings is 2. The number of halogens is 3. The van der Waals surface area contributed by atoms with Crippen molar-refractivity contribution in [2.75, 3.05) is 0 Å². The highest BCUT2D eigenvalue weighted by molar-refractivity contribution is 7.98. The van der Waals surface area contributed by atoms with Gasteiger partial charge in [-0.2, -0.15) is 13.2 Å². The van der Waals surface area contributed by atoms with E-state index in [0.717, 1.165) is 27.5 Å². The predicted octanol–water partition coefficient (Wildman–Crippen LogP) is 4.27. The quantitative estimate of drug-likeness (QED) is 0.569. The van der Waals surface area contributed by atoms with Crippen molar-refractivity contribution in [1.82, 2.24) is 14.8 Å². The molecule has 0 aliphatic carbocycles. The number of thioether (sulfide) groups is 1. The smallest absolute Gasteiger partial charge is 0.302 e. The van der Waals surface area contributed by atoms with E-state index in [4.69, 9.17) is 0 Å². The molecule has 0 spiro atoms. The lowest BCUT2D eigenvalue weighted by molar-refractivity contribution is -0.147. The second-order valence-corrected chi connectivity index (χ2v) is 9.00. The minimum atomic E-state index is -4.56. The van der Waals surface area contributed by atoms with E-state index in [-0.39, 0.29) is 14.9 Å². The third-order valence-corrected chi connectivity index (χ3v) is 6.90. The lowest BCUT2D eigenvalue weighted by Crippen LogP contribution is -2.12. The fraction of sp³-hybridized carbons (Fsp3) is 0.222. The van der Waals surface area contributed by atoms with Crippen molar-refractivity contribution in [3.63, 3.8) is 0 Å². The second-order valence-electron chi connectivity index (χ2n) is 6.11. The first-order valence-corrected chi connectivity index (χ1v) is 10.6. The fourth-order valence-electron chi connectivity index (χ4n) is 2.45. The Hall–Kier alpha value is -2.33. The summed E-state index contributed by atoms with van der Waals surface area (Å²) in [6.45, 7) is 1.87. The van der Waals surface area contributed by atoms with E-state index in [1.165, 1.54) is 19.2 Å². The SMILES string of the molecule is Cc1ccc(S(=O)(=O)c2ccc(CSc3nnc(C(F)(F)F)n3C)cc2)cc1. The highest BCUT2D eigenvalue weighted by Gasteiger charge is 2.37. The fourth-order valence-corrected chi connectivity index (χ4v) is 4.58. The van der Waals surface area contributed by atoms with Crippen LogP contribution < -0.4 is 0 Å². The van der Waals surface area contributed by atoms with Crippen molar-refractivity contribution in [2.24, 2.45) is 7.05 Å². The van der Waals surface area contributed by atoms with Gasteiger partial charge in [0.15, 0.2) is 5.16 Å². The molecule has 1 aromatic heterocycles. The average Bonchev–Trinajstić information content (AvgIpc) is 3.01. The summed E-state index contributed by atoms with van der Waals surface area (Å²) in [5, 5.41) is 6.86. The van der Waals surface area contributed by atoms with Crippen LogP contribution in [0.15, 0.2) is 63.5 Å². The molecule has 148 valence electrons. The molecule has 0 saturated carbocycles. The van der Waals surface area contributed by atoms with Crippen molar-refractivity contribution in [3.05, 3.63) is 65.5 Å². The Labute approximate surface area is 164 Å². The summed E-state index contributed by atoms with van der Waals surface area (Å²) in [5.41, 5.74) is 1.72. The van der Waals surface area contributed by atoms with Crippen molar-refractivity contribution in [1.29, 1.82) is 0 Å². The lowest BCUT2D eigenvalue weighted by atomic mass is 10.2. The number of hydrogen-bond acceptors (Lipinski definition) is 5. The van der Waals surface area contributed by atoms with Crippen LogP contribution in [0.25, 0.3) is 0 Å². The van der Waals surface area contributed by atoms with Crippen LogP contribution in [0, 0.1) is 6.92 Å². The van der Waals surface area contributed by atoms with Gasteiger partial charge in [0.25, 0.3) is 0 Å². The monoisotopic (exact) mass is 427 g/mol. The molecule has 0 atom stereocenters. The topological polar surface area (TPSA) is 64.8 Å². The molecule has 3 aromatic rings. The normalized spacial score (nSPS) is 12.3. The first kappa shape index (κ1) is 20.4. The van der Waals surface area contributed by atoms with Gasteiger partial charge in [0.2, 0.25) is 15.7 Å². The summed E-state index contributed by atoms with van der Waals surface area (Å²) in [6.07, 6.45) is -4.56. The Morgan fingerprint density at radius 3 is 2.00 bits per heavy atom. The van der Waals surface area contributed by atoms with Crippen molar-refractivity contribution in [2.45, 2.75) is 33.8 Å². The Kier molecular flexibility index (Phi) is 5.53. The lowest BCUT2D eigenvalue weighted by Gasteiger charge is -2.08. The zero-order chi connectivity index (χ0) is 20.5. The largest absolute Gasteiger partial charge is 0.451 e. The van der Waals surface area contributed by atoms with Gasteiger partial charge in [-0.25, -0.2) is 8.42 Å². The molecule has 2 aromatic carbocycles. The van der Waals surface area contributed by atoms with E-state index < -0.39 is 21.8 Å². The molecule has 3 rings (SSSR count). The minimum absolute atomic E-state index is 0.128. The van der Waals surface area contributed by atoms with Crippen LogP contribution in [0.3, 0.4) is 0 Å². The Morgan fingerprint density at radius 2 is 1.50 bits per heavy atom. The van der Waals surface area contributed by atoms with Gasteiger partial charge in [0, 0.05) is 12.8 Å². The van der Waals surface area contributed by atoms with Crippen molar-refractivity contribution < 1.29 is 21.6 Å². The Balaban J connectivity index is 1.73. The maximum absolute atomic E-state index is 12.8. The van der Waals surface area contributed by atoms with Crippen LogP contribution >= 0.6 is 11.8 Å². The zero-order valence-corrected chi connectivity index (χ0v) is 16.6. The van der Waals surface area contributed by atoms with Gasteiger partial charge in [0.1, 0.15) is 0 Å². The zero-order valence-electron chi connectivity index (χ0n) is 14.9. The molecular formula is C18H16F3N3O2S2. The molecule has 5 nitrogen and oxygen atoms in total. The molecule has 0 fully saturated rings. The highest BCUT2D eigenvalue weighted by atomic mass is 32.2. The molecule has 0 aliphatic heterocycles. The standard InChI is InChI=1S/C18H16F3N3O2S2/c1-12-3-7-14(8-4-12)28(25,26)15-9-5-13(6-10-15)11-27-17-23-22-16(24(17)2)18(19,20)21/h3-10H,11H2,1-2H3. The van der Waals surface area contributed by atoms with Gasteiger partial charge in [-0.05, 0) is 36.8 Å². The predicted molar refractivity (Wildman–Crippen MR) is 98.6 cm³/mol. The summed E-state index contributed by atoms with van der Waals surface area (Å²) in [6, 6.07) is 12.8. The third-order valence-electron chi connectivity index (χ3n) is 4.02. The van der Waals surface area contributed by atoms with E-state index in [2.05, 4.69) is 10.2 Å². The van der Waals surface area contributed by atoms with Gasteiger partial charge >= 0.3 is 6.18 Å². The maximum Gasteiger partial charge on any atom is 0.451 e. The molecule has 28 heavy (non-hydrogen) atoms. The first-order valence-electron chi connectivity index (χ1n) is 8.09. The minimum Gasteiger partial charge on any atom is -0.302 e. The number of rotatable bonds is 5. The summed E-state index contributed by atoms with van der Waals surface area (Å²) >= 11 is 1.09. The molecule has 0 aliphatic rings. The van der Waals surface area contributed by atoms with Crippen LogP contribution in [0.1, 0.15) is 17.0 Å². The molecule has 10 heteroatoms. The molecular weight excluding hydrogens is 411 g/mol. The van der Waals surface area contributed by atoms with Crippen LogP contribution in [-0.2, 0) is 28.8 Å². The van der Waals surface area contributed by atoms with Gasteiger partial charge < -0.3 is 4.57 Å². The van der Waals surface area contributed by atoms with Crippen molar-refractivity contribution >= 4 is 21.6 Å².